The van der Waals surface area contributed by atoms with Crippen molar-refractivity contribution in [3.05, 3.63) is 24.3 Å². The summed E-state index contributed by atoms with van der Waals surface area (Å²) in [5.41, 5.74) is 5.52. The molecule has 0 amide bonds. The zero-order valence-electron chi connectivity index (χ0n) is 11.6. The molecule has 0 aliphatic heterocycles. The highest BCUT2D eigenvalue weighted by Crippen LogP contribution is 2.16. The first-order chi connectivity index (χ1) is 8.81. The summed E-state index contributed by atoms with van der Waals surface area (Å²) in [6, 6.07) is 6.15. The van der Waals surface area contributed by atoms with Gasteiger partial charge in [-0.25, -0.2) is 13.1 Å². The zero-order chi connectivity index (χ0) is 14.5. The quantitative estimate of drug-likeness (QED) is 0.792. The van der Waals surface area contributed by atoms with E-state index in [1.54, 1.807) is 19.1 Å². The Morgan fingerprint density at radius 1 is 1.21 bits per heavy atom. The van der Waals surface area contributed by atoms with Gasteiger partial charge in [0, 0.05) is 12.6 Å². The van der Waals surface area contributed by atoms with Gasteiger partial charge in [-0.3, -0.25) is 0 Å². The van der Waals surface area contributed by atoms with E-state index < -0.39 is 10.0 Å². The van der Waals surface area contributed by atoms with Gasteiger partial charge in [0.15, 0.2) is 0 Å². The number of sulfonamides is 1. The maximum absolute atomic E-state index is 11.9. The van der Waals surface area contributed by atoms with Crippen LogP contribution in [0.1, 0.15) is 20.8 Å². The lowest BCUT2D eigenvalue weighted by molar-refractivity contribution is 0.271. The maximum Gasteiger partial charge on any atom is 0.240 e. The van der Waals surface area contributed by atoms with Gasteiger partial charge in [-0.15, -0.1) is 0 Å². The van der Waals surface area contributed by atoms with Crippen LogP contribution in [0, 0.1) is 5.92 Å². The van der Waals surface area contributed by atoms with Crippen molar-refractivity contribution in [1.29, 1.82) is 0 Å². The molecule has 108 valence electrons. The van der Waals surface area contributed by atoms with Crippen LogP contribution in [0.25, 0.3) is 0 Å². The predicted octanol–water partition coefficient (Wildman–Crippen LogP) is 1.35. The zero-order valence-corrected chi connectivity index (χ0v) is 12.4. The summed E-state index contributed by atoms with van der Waals surface area (Å²) in [5.74, 6) is 1.09. The molecule has 0 bridgehead atoms. The normalized spacial score (nSPS) is 13.5. The molecule has 0 fully saturated rings. The summed E-state index contributed by atoms with van der Waals surface area (Å²) in [4.78, 5) is 0.213. The van der Waals surface area contributed by atoms with Crippen LogP contribution in [0.3, 0.4) is 0 Å². The predicted molar refractivity (Wildman–Crippen MR) is 75.6 cm³/mol. The van der Waals surface area contributed by atoms with Crippen LogP contribution < -0.4 is 15.2 Å². The van der Waals surface area contributed by atoms with E-state index >= 15 is 0 Å². The highest BCUT2D eigenvalue weighted by atomic mass is 32.2. The van der Waals surface area contributed by atoms with Crippen molar-refractivity contribution in [2.75, 3.05) is 13.2 Å². The fourth-order valence-electron chi connectivity index (χ4n) is 1.30. The van der Waals surface area contributed by atoms with Crippen LogP contribution in [0.2, 0.25) is 0 Å². The molecule has 1 rings (SSSR count). The van der Waals surface area contributed by atoms with Crippen LogP contribution in [0.4, 0.5) is 0 Å². The second-order valence-electron chi connectivity index (χ2n) is 5.01. The third-order valence-electron chi connectivity index (χ3n) is 2.31. The molecule has 1 unspecified atom stereocenters. The van der Waals surface area contributed by atoms with E-state index in [1.165, 1.54) is 12.1 Å². The van der Waals surface area contributed by atoms with E-state index in [2.05, 4.69) is 18.6 Å². The fraction of sp³-hybridized carbons (Fsp3) is 0.538. The summed E-state index contributed by atoms with van der Waals surface area (Å²) >= 11 is 0. The molecule has 19 heavy (non-hydrogen) atoms. The molecule has 0 aliphatic rings. The number of nitrogens with two attached hydrogens (primary N) is 1. The van der Waals surface area contributed by atoms with Gasteiger partial charge < -0.3 is 10.5 Å². The molecular weight excluding hydrogens is 264 g/mol. The maximum atomic E-state index is 11.9. The van der Waals surface area contributed by atoms with Crippen molar-refractivity contribution in [2.24, 2.45) is 11.7 Å². The SMILES string of the molecule is CC(C)COc1ccc(S(=O)(=O)NCC(C)N)cc1. The highest BCUT2D eigenvalue weighted by Gasteiger charge is 2.14. The van der Waals surface area contributed by atoms with Crippen molar-refractivity contribution in [3.8, 4) is 5.75 Å². The van der Waals surface area contributed by atoms with Gasteiger partial charge in [-0.1, -0.05) is 13.8 Å². The molecule has 0 aromatic heterocycles. The Hall–Kier alpha value is -1.11. The number of ether oxygens (including phenoxy) is 1. The van der Waals surface area contributed by atoms with Crippen LogP contribution in [0.5, 0.6) is 5.75 Å². The third kappa shape index (κ3) is 5.59. The van der Waals surface area contributed by atoms with E-state index in [4.69, 9.17) is 10.5 Å². The standard InChI is InChI=1S/C13H22N2O3S/c1-10(2)9-18-12-4-6-13(7-5-12)19(16,17)15-8-11(3)14/h4-7,10-11,15H,8-9,14H2,1-3H3. The molecule has 1 aromatic carbocycles. The van der Waals surface area contributed by atoms with E-state index in [1.807, 2.05) is 0 Å². The van der Waals surface area contributed by atoms with Gasteiger partial charge >= 0.3 is 0 Å². The molecule has 0 spiro atoms. The molecule has 6 heteroatoms. The minimum Gasteiger partial charge on any atom is -0.493 e. The van der Waals surface area contributed by atoms with Gasteiger partial charge in [0.2, 0.25) is 10.0 Å². The van der Waals surface area contributed by atoms with Crippen LogP contribution in [0.15, 0.2) is 29.2 Å². The Labute approximate surface area is 115 Å². The van der Waals surface area contributed by atoms with Gasteiger partial charge in [-0.2, -0.15) is 0 Å². The summed E-state index contributed by atoms with van der Waals surface area (Å²) in [6.45, 7) is 6.67. The molecule has 0 aliphatic carbocycles. The van der Waals surface area contributed by atoms with Crippen molar-refractivity contribution >= 4 is 10.0 Å². The van der Waals surface area contributed by atoms with Crippen molar-refractivity contribution in [1.82, 2.24) is 4.72 Å². The molecule has 0 saturated carbocycles. The van der Waals surface area contributed by atoms with Gasteiger partial charge in [0.1, 0.15) is 5.75 Å². The minimum atomic E-state index is -3.49. The molecule has 1 aromatic rings. The first kappa shape index (κ1) is 15.9. The van der Waals surface area contributed by atoms with E-state index in [-0.39, 0.29) is 17.5 Å². The molecule has 0 saturated heterocycles. The van der Waals surface area contributed by atoms with Gasteiger partial charge in [-0.05, 0) is 37.1 Å². The molecule has 3 N–H and O–H groups in total. The number of rotatable bonds is 7. The molecule has 0 radical (unpaired) electrons. The average Bonchev–Trinajstić information content (AvgIpc) is 2.34. The van der Waals surface area contributed by atoms with Gasteiger partial charge in [0.25, 0.3) is 0 Å². The van der Waals surface area contributed by atoms with Crippen LogP contribution in [-0.4, -0.2) is 27.6 Å². The largest absolute Gasteiger partial charge is 0.493 e. The van der Waals surface area contributed by atoms with Crippen LogP contribution >= 0.6 is 0 Å². The Morgan fingerprint density at radius 2 is 1.79 bits per heavy atom. The Bertz CT molecular complexity index is 481. The smallest absolute Gasteiger partial charge is 0.240 e. The van der Waals surface area contributed by atoms with E-state index in [0.29, 0.717) is 18.3 Å². The van der Waals surface area contributed by atoms with Gasteiger partial charge in [0.05, 0.1) is 11.5 Å². The highest BCUT2D eigenvalue weighted by molar-refractivity contribution is 7.89. The third-order valence-corrected chi connectivity index (χ3v) is 3.75. The van der Waals surface area contributed by atoms with Crippen molar-refractivity contribution in [3.63, 3.8) is 0 Å². The molecular formula is C13H22N2O3S. The minimum absolute atomic E-state index is 0.213. The van der Waals surface area contributed by atoms with Crippen molar-refractivity contribution in [2.45, 2.75) is 31.7 Å². The molecule has 0 heterocycles. The summed E-state index contributed by atoms with van der Waals surface area (Å²) < 4.78 is 31.8. The van der Waals surface area contributed by atoms with Crippen LogP contribution in [-0.2, 0) is 10.0 Å². The summed E-state index contributed by atoms with van der Waals surface area (Å²) in [6.07, 6.45) is 0. The Balaban J connectivity index is 2.69. The second-order valence-corrected chi connectivity index (χ2v) is 6.77. The van der Waals surface area contributed by atoms with E-state index in [0.717, 1.165) is 0 Å². The molecule has 1 atom stereocenters. The number of benzene rings is 1. The second kappa shape index (κ2) is 6.88. The topological polar surface area (TPSA) is 81.4 Å². The lowest BCUT2D eigenvalue weighted by Gasteiger charge is -2.11. The monoisotopic (exact) mass is 286 g/mol. The number of nitrogens with one attached hydrogen (secondary N) is 1. The Morgan fingerprint density at radius 3 is 2.26 bits per heavy atom. The Kier molecular flexibility index (Phi) is 5.78. The molecule has 5 nitrogen and oxygen atoms in total. The first-order valence-corrected chi connectivity index (χ1v) is 7.77. The number of hydrogen-bond acceptors (Lipinski definition) is 4. The summed E-state index contributed by atoms with van der Waals surface area (Å²) in [5, 5.41) is 0. The summed E-state index contributed by atoms with van der Waals surface area (Å²) in [7, 11) is -3.49. The first-order valence-electron chi connectivity index (χ1n) is 6.29. The lowest BCUT2D eigenvalue weighted by Crippen LogP contribution is -2.35. The average molecular weight is 286 g/mol. The lowest BCUT2D eigenvalue weighted by atomic mass is 10.2. The fourth-order valence-corrected chi connectivity index (χ4v) is 2.45. The van der Waals surface area contributed by atoms with Crippen molar-refractivity contribution < 1.29 is 13.2 Å². The van der Waals surface area contributed by atoms with E-state index in [9.17, 15) is 8.42 Å². The number of hydrogen-bond donors (Lipinski definition) is 2.